The second-order valence-corrected chi connectivity index (χ2v) is 8.90. The van der Waals surface area contributed by atoms with Gasteiger partial charge < -0.3 is 20.9 Å². The summed E-state index contributed by atoms with van der Waals surface area (Å²) in [6.07, 6.45) is 3.01. The molecule has 0 bridgehead atoms. The molecule has 0 spiro atoms. The van der Waals surface area contributed by atoms with Gasteiger partial charge in [0.1, 0.15) is 6.04 Å². The fraction of sp³-hybridized carbons (Fsp3) is 0.375. The molecule has 1 heterocycles. The summed E-state index contributed by atoms with van der Waals surface area (Å²) in [5, 5.41) is 9.02. The van der Waals surface area contributed by atoms with Crippen LogP contribution in [0, 0.1) is 6.92 Å². The Labute approximate surface area is 203 Å². The predicted octanol–water partition coefficient (Wildman–Crippen LogP) is 5.01. The Morgan fingerprint density at radius 2 is 1.91 bits per heavy atom. The van der Waals surface area contributed by atoms with Crippen molar-refractivity contribution in [3.05, 3.63) is 57.6 Å². The Morgan fingerprint density at radius 1 is 1.12 bits per heavy atom. The van der Waals surface area contributed by atoms with Crippen LogP contribution in [0.3, 0.4) is 0 Å². The lowest BCUT2D eigenvalue weighted by Gasteiger charge is -2.34. The van der Waals surface area contributed by atoms with Crippen molar-refractivity contribution in [2.75, 3.05) is 23.7 Å². The van der Waals surface area contributed by atoms with Crippen LogP contribution >= 0.6 is 23.2 Å². The number of unbranched alkanes of at least 4 members (excludes halogenated alkanes) is 1. The van der Waals surface area contributed by atoms with Crippen molar-refractivity contribution < 1.29 is 14.4 Å². The van der Waals surface area contributed by atoms with Crippen LogP contribution in [0.15, 0.2) is 36.4 Å². The maximum atomic E-state index is 13.0. The van der Waals surface area contributed by atoms with Gasteiger partial charge in [0, 0.05) is 23.8 Å². The Morgan fingerprint density at radius 3 is 2.64 bits per heavy atom. The van der Waals surface area contributed by atoms with Crippen LogP contribution in [0.25, 0.3) is 0 Å². The molecular formula is C24H28Cl2N4O3. The fourth-order valence-corrected chi connectivity index (χ4v) is 4.06. The number of nitrogens with zero attached hydrogens (tertiary/aromatic N) is 1. The molecule has 1 aliphatic rings. The molecule has 1 atom stereocenters. The zero-order valence-corrected chi connectivity index (χ0v) is 20.2. The molecule has 3 N–H and O–H groups in total. The van der Waals surface area contributed by atoms with Crippen LogP contribution in [0.5, 0.6) is 0 Å². The van der Waals surface area contributed by atoms with Gasteiger partial charge in [0.25, 0.3) is 0 Å². The largest absolute Gasteiger partial charge is 0.353 e. The molecule has 0 aliphatic carbocycles. The average molecular weight is 491 g/mol. The number of hydrogen-bond acceptors (Lipinski definition) is 3. The number of hydrogen-bond donors (Lipinski definition) is 3. The van der Waals surface area contributed by atoms with E-state index in [0.717, 1.165) is 24.8 Å². The molecule has 1 saturated heterocycles. The highest BCUT2D eigenvalue weighted by Gasteiger charge is 2.35. The first-order valence-corrected chi connectivity index (χ1v) is 11.7. The molecular weight excluding hydrogens is 463 g/mol. The second kappa shape index (κ2) is 11.4. The zero-order valence-electron chi connectivity index (χ0n) is 18.7. The standard InChI is InChI=1S/C24H28Cl2N4O3/c1-3-4-5-16-6-9-19(15(2)12-16)29-24(33)30-11-10-27-23(32)21(30)14-22(31)28-20-13-17(25)7-8-18(20)26/h6-9,12-13,21H,3-5,10-11,14H2,1-2H3,(H,27,32)(H,28,31)(H,29,33)/t21-/m0/s1. The van der Waals surface area contributed by atoms with Gasteiger partial charge in [0.05, 0.1) is 17.1 Å². The number of anilines is 2. The van der Waals surface area contributed by atoms with E-state index >= 15 is 0 Å². The van der Waals surface area contributed by atoms with Crippen LogP contribution < -0.4 is 16.0 Å². The van der Waals surface area contributed by atoms with Crippen LogP contribution in [0.1, 0.15) is 37.3 Å². The van der Waals surface area contributed by atoms with Crippen molar-refractivity contribution in [1.82, 2.24) is 10.2 Å². The quantitative estimate of drug-likeness (QED) is 0.509. The molecule has 33 heavy (non-hydrogen) atoms. The third-order valence-electron chi connectivity index (χ3n) is 5.52. The third-order valence-corrected chi connectivity index (χ3v) is 6.09. The van der Waals surface area contributed by atoms with E-state index in [1.165, 1.54) is 16.5 Å². The van der Waals surface area contributed by atoms with Crippen LogP contribution in [0.2, 0.25) is 10.0 Å². The zero-order chi connectivity index (χ0) is 24.0. The molecule has 1 aliphatic heterocycles. The number of carbonyl (C=O) groups is 3. The molecule has 7 nitrogen and oxygen atoms in total. The van der Waals surface area contributed by atoms with Crippen LogP contribution in [-0.2, 0) is 16.0 Å². The smallest absolute Gasteiger partial charge is 0.322 e. The number of nitrogens with one attached hydrogen (secondary N) is 3. The summed E-state index contributed by atoms with van der Waals surface area (Å²) in [5.74, 6) is -0.828. The highest BCUT2D eigenvalue weighted by atomic mass is 35.5. The van der Waals surface area contributed by atoms with Gasteiger partial charge in [-0.1, -0.05) is 48.7 Å². The Balaban J connectivity index is 1.69. The summed E-state index contributed by atoms with van der Waals surface area (Å²) in [6.45, 7) is 4.70. The normalized spacial score (nSPS) is 15.7. The number of urea groups is 1. The van der Waals surface area contributed by atoms with Crippen molar-refractivity contribution in [2.24, 2.45) is 0 Å². The van der Waals surface area contributed by atoms with Crippen molar-refractivity contribution >= 4 is 52.4 Å². The first-order valence-electron chi connectivity index (χ1n) is 11.0. The minimum atomic E-state index is -0.944. The van der Waals surface area contributed by atoms with E-state index < -0.39 is 18.0 Å². The van der Waals surface area contributed by atoms with Crippen molar-refractivity contribution in [3.63, 3.8) is 0 Å². The highest BCUT2D eigenvalue weighted by Crippen LogP contribution is 2.26. The number of halogens is 2. The predicted molar refractivity (Wildman–Crippen MR) is 132 cm³/mol. The molecule has 0 unspecified atom stereocenters. The monoisotopic (exact) mass is 490 g/mol. The SMILES string of the molecule is CCCCc1ccc(NC(=O)N2CCNC(=O)[C@@H]2CC(=O)Nc2cc(Cl)ccc2Cl)c(C)c1. The Hall–Kier alpha value is -2.77. The molecule has 1 fully saturated rings. The summed E-state index contributed by atoms with van der Waals surface area (Å²) >= 11 is 12.1. The van der Waals surface area contributed by atoms with E-state index in [4.69, 9.17) is 23.2 Å². The fourth-order valence-electron chi connectivity index (χ4n) is 3.72. The summed E-state index contributed by atoms with van der Waals surface area (Å²) in [6, 6.07) is 9.29. The van der Waals surface area contributed by atoms with Crippen molar-refractivity contribution in [2.45, 2.75) is 45.6 Å². The minimum Gasteiger partial charge on any atom is -0.353 e. The maximum Gasteiger partial charge on any atom is 0.322 e. The summed E-state index contributed by atoms with van der Waals surface area (Å²) in [5.41, 5.74) is 3.20. The number of aryl methyl sites for hydroxylation is 2. The van der Waals surface area contributed by atoms with E-state index in [1.54, 1.807) is 12.1 Å². The van der Waals surface area contributed by atoms with Crippen LogP contribution in [0.4, 0.5) is 16.2 Å². The van der Waals surface area contributed by atoms with Crippen molar-refractivity contribution in [1.29, 1.82) is 0 Å². The van der Waals surface area contributed by atoms with E-state index in [1.807, 2.05) is 19.1 Å². The summed E-state index contributed by atoms with van der Waals surface area (Å²) in [4.78, 5) is 39.6. The number of benzene rings is 2. The summed E-state index contributed by atoms with van der Waals surface area (Å²) < 4.78 is 0. The lowest BCUT2D eigenvalue weighted by Crippen LogP contribution is -2.59. The van der Waals surface area contributed by atoms with Gasteiger partial charge in [0.15, 0.2) is 0 Å². The van der Waals surface area contributed by atoms with Gasteiger partial charge in [0.2, 0.25) is 11.8 Å². The molecule has 3 rings (SSSR count). The van der Waals surface area contributed by atoms with Crippen LogP contribution in [-0.4, -0.2) is 41.9 Å². The van der Waals surface area contributed by atoms with E-state index in [0.29, 0.717) is 34.5 Å². The van der Waals surface area contributed by atoms with E-state index in [-0.39, 0.29) is 12.3 Å². The van der Waals surface area contributed by atoms with Gasteiger partial charge in [-0.25, -0.2) is 4.79 Å². The average Bonchev–Trinajstić information content (AvgIpc) is 2.77. The number of amides is 4. The number of carbonyl (C=O) groups excluding carboxylic acids is 3. The van der Waals surface area contributed by atoms with Gasteiger partial charge in [-0.3, -0.25) is 9.59 Å². The van der Waals surface area contributed by atoms with Gasteiger partial charge in [-0.05, 0) is 55.2 Å². The van der Waals surface area contributed by atoms with Gasteiger partial charge >= 0.3 is 6.03 Å². The lowest BCUT2D eigenvalue weighted by atomic mass is 10.0. The van der Waals surface area contributed by atoms with Crippen molar-refractivity contribution in [3.8, 4) is 0 Å². The topological polar surface area (TPSA) is 90.5 Å². The Bertz CT molecular complexity index is 1040. The minimum absolute atomic E-state index is 0.211. The Kier molecular flexibility index (Phi) is 8.58. The van der Waals surface area contributed by atoms with Gasteiger partial charge in [-0.2, -0.15) is 0 Å². The van der Waals surface area contributed by atoms with E-state index in [2.05, 4.69) is 28.9 Å². The molecule has 2 aromatic carbocycles. The highest BCUT2D eigenvalue weighted by molar-refractivity contribution is 6.35. The molecule has 9 heteroatoms. The molecule has 0 saturated carbocycles. The first-order chi connectivity index (χ1) is 15.8. The van der Waals surface area contributed by atoms with Gasteiger partial charge in [-0.15, -0.1) is 0 Å². The number of piperazine rings is 1. The molecule has 0 aromatic heterocycles. The number of rotatable bonds is 7. The third kappa shape index (κ3) is 6.62. The summed E-state index contributed by atoms with van der Waals surface area (Å²) in [7, 11) is 0. The molecule has 176 valence electrons. The molecule has 4 amide bonds. The second-order valence-electron chi connectivity index (χ2n) is 8.06. The first kappa shape index (κ1) is 24.9. The van der Waals surface area contributed by atoms with E-state index in [9.17, 15) is 14.4 Å². The molecule has 0 radical (unpaired) electrons. The lowest BCUT2D eigenvalue weighted by molar-refractivity contribution is -0.130. The molecule has 2 aromatic rings. The maximum absolute atomic E-state index is 13.0.